The molecule has 0 atom stereocenters. The molecule has 0 bridgehead atoms. The van der Waals surface area contributed by atoms with E-state index in [4.69, 9.17) is 9.47 Å². The van der Waals surface area contributed by atoms with E-state index >= 15 is 0 Å². The second-order valence-corrected chi connectivity index (χ2v) is 8.08. The van der Waals surface area contributed by atoms with Gasteiger partial charge in [-0.3, -0.25) is 4.79 Å². The van der Waals surface area contributed by atoms with Crippen molar-refractivity contribution in [2.45, 2.75) is 25.7 Å². The quantitative estimate of drug-likeness (QED) is 0.196. The maximum Gasteiger partial charge on any atom is 1.00 e. The van der Waals surface area contributed by atoms with E-state index in [0.717, 1.165) is 0 Å². The Bertz CT molecular complexity index is 1030. The summed E-state index contributed by atoms with van der Waals surface area (Å²) in [4.78, 5) is 23.4. The van der Waals surface area contributed by atoms with Crippen molar-refractivity contribution in [2.24, 2.45) is 5.92 Å². The van der Waals surface area contributed by atoms with Crippen molar-refractivity contribution >= 4 is 34.2 Å². The van der Waals surface area contributed by atoms with Crippen molar-refractivity contribution in [3.05, 3.63) is 59.2 Å². The minimum Gasteiger partial charge on any atom is -0.744 e. The van der Waals surface area contributed by atoms with E-state index in [1.807, 2.05) is 13.8 Å². The van der Waals surface area contributed by atoms with Gasteiger partial charge in [0, 0.05) is 6.92 Å². The van der Waals surface area contributed by atoms with Crippen LogP contribution in [0.2, 0.25) is 0 Å². The zero-order chi connectivity index (χ0) is 21.6. The van der Waals surface area contributed by atoms with Gasteiger partial charge in [-0.15, -0.1) is 0 Å². The Hall–Kier alpha value is -1.33. The van der Waals surface area contributed by atoms with Gasteiger partial charge in [-0.2, -0.15) is 0 Å². The van der Waals surface area contributed by atoms with Gasteiger partial charge >= 0.3 is 63.3 Å². The monoisotopic (exact) mass is 456 g/mol. The van der Waals surface area contributed by atoms with Gasteiger partial charge in [-0.1, -0.05) is 44.2 Å². The van der Waals surface area contributed by atoms with E-state index in [9.17, 15) is 22.6 Å². The minimum absolute atomic E-state index is 0. The summed E-state index contributed by atoms with van der Waals surface area (Å²) in [6.07, 6.45) is 3.38. The molecule has 7 nitrogen and oxygen atoms in total. The Kier molecular flexibility index (Phi) is 10.6. The molecule has 9 heteroatoms. The van der Waals surface area contributed by atoms with E-state index in [-0.39, 0.29) is 80.1 Å². The van der Waals surface area contributed by atoms with Gasteiger partial charge in [0.05, 0.1) is 11.5 Å². The van der Waals surface area contributed by atoms with Gasteiger partial charge in [-0.25, -0.2) is 13.2 Å². The average molecular weight is 457 g/mol. The van der Waals surface area contributed by atoms with Crippen LogP contribution in [0.4, 0.5) is 0 Å². The van der Waals surface area contributed by atoms with Crippen LogP contribution in [0.25, 0.3) is 12.2 Å². The molecule has 0 saturated heterocycles. The summed E-state index contributed by atoms with van der Waals surface area (Å²) in [7, 11) is -4.50. The number of benzene rings is 2. The molecule has 2 rings (SSSR count). The first-order chi connectivity index (χ1) is 13.6. The molecule has 0 spiro atoms. The summed E-state index contributed by atoms with van der Waals surface area (Å²) < 4.78 is 43.2. The fraction of sp³-hybridized carbons (Fsp3) is 0.238. The van der Waals surface area contributed by atoms with Crippen molar-refractivity contribution in [2.75, 3.05) is 6.61 Å². The SMILES string of the molecule is CC(=O)Oc1ccc(C=Cc2ccc(S(=O)(=O)[O-])cc2)cc1C(=O)OCC(C)C.[K+]. The summed E-state index contributed by atoms with van der Waals surface area (Å²) in [6, 6.07) is 10.1. The van der Waals surface area contributed by atoms with Crippen LogP contribution in [0.5, 0.6) is 5.75 Å². The van der Waals surface area contributed by atoms with Crippen molar-refractivity contribution in [1.29, 1.82) is 0 Å². The number of ether oxygens (including phenoxy) is 2. The Labute approximate surface area is 218 Å². The van der Waals surface area contributed by atoms with Gasteiger partial charge < -0.3 is 14.0 Å². The first-order valence-electron chi connectivity index (χ1n) is 8.80. The van der Waals surface area contributed by atoms with Crippen molar-refractivity contribution in [3.63, 3.8) is 0 Å². The molecule has 0 saturated carbocycles. The Morgan fingerprint density at radius 3 is 2.13 bits per heavy atom. The number of hydrogen-bond acceptors (Lipinski definition) is 7. The maximum absolute atomic E-state index is 12.4. The summed E-state index contributed by atoms with van der Waals surface area (Å²) >= 11 is 0. The minimum atomic E-state index is -4.50. The molecule has 154 valence electrons. The number of carbonyl (C=O) groups excluding carboxylic acids is 2. The van der Waals surface area contributed by atoms with Crippen LogP contribution >= 0.6 is 0 Å². The molecule has 0 aliphatic heterocycles. The largest absolute Gasteiger partial charge is 1.00 e. The zero-order valence-corrected chi connectivity index (χ0v) is 21.2. The second-order valence-electron chi connectivity index (χ2n) is 6.70. The van der Waals surface area contributed by atoms with E-state index in [1.54, 1.807) is 18.2 Å². The molecule has 0 heterocycles. The molecule has 2 aromatic carbocycles. The van der Waals surface area contributed by atoms with Crippen LogP contribution in [0.15, 0.2) is 47.4 Å². The standard InChI is InChI=1S/C21H22O7S.K/c1-14(2)13-27-21(23)19-12-17(8-11-20(19)28-15(3)22)5-4-16-6-9-18(10-7-16)29(24,25)26;/h4-12,14H,13H2,1-3H3,(H,24,25,26);/q;+1/p-1. The average Bonchev–Trinajstić information content (AvgIpc) is 2.64. The number of rotatable bonds is 7. The molecule has 0 aliphatic carbocycles. The normalized spacial score (nSPS) is 11.2. The Balaban J connectivity index is 0.00000450. The third kappa shape index (κ3) is 8.42. The summed E-state index contributed by atoms with van der Waals surface area (Å²) in [5.41, 5.74) is 1.42. The molecule has 2 aromatic rings. The molecule has 0 aliphatic rings. The zero-order valence-electron chi connectivity index (χ0n) is 17.2. The summed E-state index contributed by atoms with van der Waals surface area (Å²) in [6.45, 7) is 5.28. The molecule has 0 radical (unpaired) electrons. The first kappa shape index (κ1) is 26.7. The second kappa shape index (κ2) is 11.9. The topological polar surface area (TPSA) is 110 Å². The molecule has 0 amide bonds. The molecule has 30 heavy (non-hydrogen) atoms. The number of hydrogen-bond donors (Lipinski definition) is 0. The van der Waals surface area contributed by atoms with Crippen molar-refractivity contribution in [1.82, 2.24) is 0 Å². The van der Waals surface area contributed by atoms with E-state index in [0.29, 0.717) is 11.1 Å². The van der Waals surface area contributed by atoms with Gasteiger partial charge in [0.25, 0.3) is 0 Å². The molecule has 0 unspecified atom stereocenters. The third-order valence-electron chi connectivity index (χ3n) is 3.66. The summed E-state index contributed by atoms with van der Waals surface area (Å²) in [5.74, 6) is -0.900. The van der Waals surface area contributed by atoms with Crippen LogP contribution in [0.3, 0.4) is 0 Å². The Morgan fingerprint density at radius 1 is 1.03 bits per heavy atom. The van der Waals surface area contributed by atoms with Crippen LogP contribution in [0.1, 0.15) is 42.3 Å². The fourth-order valence-corrected chi connectivity index (χ4v) is 2.78. The van der Waals surface area contributed by atoms with Gasteiger partial charge in [0.2, 0.25) is 0 Å². The van der Waals surface area contributed by atoms with Crippen molar-refractivity contribution in [3.8, 4) is 5.75 Å². The molecular formula is C21H21KO7S. The van der Waals surface area contributed by atoms with Gasteiger partial charge in [0.15, 0.2) is 0 Å². The molecule has 0 aromatic heterocycles. The van der Waals surface area contributed by atoms with Crippen molar-refractivity contribution < 1.29 is 83.4 Å². The fourth-order valence-electron chi connectivity index (χ4n) is 2.31. The summed E-state index contributed by atoms with van der Waals surface area (Å²) in [5, 5.41) is 0. The third-order valence-corrected chi connectivity index (χ3v) is 4.51. The van der Waals surface area contributed by atoms with Gasteiger partial charge in [-0.05, 0) is 41.3 Å². The number of carbonyl (C=O) groups is 2. The Morgan fingerprint density at radius 2 is 1.60 bits per heavy atom. The van der Waals surface area contributed by atoms with Crippen LogP contribution in [-0.2, 0) is 19.6 Å². The molecular weight excluding hydrogens is 435 g/mol. The predicted octanol–water partition coefficient (Wildman–Crippen LogP) is 0.503. The van der Waals surface area contributed by atoms with E-state index in [1.165, 1.54) is 43.3 Å². The van der Waals surface area contributed by atoms with E-state index in [2.05, 4.69) is 0 Å². The van der Waals surface area contributed by atoms with Crippen LogP contribution in [0, 0.1) is 5.92 Å². The van der Waals surface area contributed by atoms with Crippen LogP contribution < -0.4 is 56.1 Å². The number of esters is 2. The smallest absolute Gasteiger partial charge is 0.744 e. The molecule has 0 N–H and O–H groups in total. The van der Waals surface area contributed by atoms with Crippen LogP contribution in [-0.4, -0.2) is 31.5 Å². The molecule has 0 fully saturated rings. The predicted molar refractivity (Wildman–Crippen MR) is 106 cm³/mol. The van der Waals surface area contributed by atoms with Gasteiger partial charge in [0.1, 0.15) is 21.4 Å². The van der Waals surface area contributed by atoms with E-state index < -0.39 is 22.1 Å². The maximum atomic E-state index is 12.4. The first-order valence-corrected chi connectivity index (χ1v) is 10.2.